The molecular formula is C29H28ClN5O4S. The maximum atomic E-state index is 13.6. The van der Waals surface area contributed by atoms with E-state index in [-0.39, 0.29) is 34.4 Å². The quantitative estimate of drug-likeness (QED) is 0.327. The third-order valence-electron chi connectivity index (χ3n) is 8.08. The monoisotopic (exact) mass is 577 g/mol. The van der Waals surface area contributed by atoms with E-state index in [4.69, 9.17) is 21.3 Å². The number of piperidine rings is 1. The molecule has 3 heterocycles. The molecule has 0 amide bonds. The lowest BCUT2D eigenvalue weighted by atomic mass is 10.1. The predicted octanol–water partition coefficient (Wildman–Crippen LogP) is 4.58. The van der Waals surface area contributed by atoms with Crippen molar-refractivity contribution in [3.05, 3.63) is 76.2 Å². The van der Waals surface area contributed by atoms with Crippen molar-refractivity contribution in [3.8, 4) is 16.9 Å². The molecule has 40 heavy (non-hydrogen) atoms. The summed E-state index contributed by atoms with van der Waals surface area (Å²) in [6, 6.07) is 15.9. The molecule has 2 atom stereocenters. The Balaban J connectivity index is 1.10. The Morgan fingerprint density at radius 2 is 1.77 bits per heavy atom. The molecular weight excluding hydrogens is 550 g/mol. The largest absolute Gasteiger partial charge is 0.494 e. The van der Waals surface area contributed by atoms with Crippen molar-refractivity contribution in [3.63, 3.8) is 0 Å². The van der Waals surface area contributed by atoms with Crippen LogP contribution in [0.1, 0.15) is 25.8 Å². The van der Waals surface area contributed by atoms with E-state index in [1.807, 2.05) is 31.2 Å². The van der Waals surface area contributed by atoms with Crippen LogP contribution in [0.25, 0.3) is 22.2 Å². The predicted molar refractivity (Wildman–Crippen MR) is 153 cm³/mol. The van der Waals surface area contributed by atoms with Gasteiger partial charge >= 0.3 is 0 Å². The summed E-state index contributed by atoms with van der Waals surface area (Å²) in [5.74, 6) is 1.47. The third-order valence-corrected chi connectivity index (χ3v) is 10.3. The summed E-state index contributed by atoms with van der Waals surface area (Å²) in [4.78, 5) is 23.2. The number of aromatic nitrogens is 3. The smallest absolute Gasteiger partial charge is 0.260 e. The molecule has 4 aromatic rings. The van der Waals surface area contributed by atoms with Gasteiger partial charge in [0, 0.05) is 52.9 Å². The van der Waals surface area contributed by atoms with Gasteiger partial charge in [-0.05, 0) is 68.0 Å². The first kappa shape index (κ1) is 25.5. The van der Waals surface area contributed by atoms with Crippen molar-refractivity contribution in [2.24, 2.45) is 11.8 Å². The zero-order chi connectivity index (χ0) is 27.6. The number of hydrogen-bond acceptors (Lipinski definition) is 7. The second-order valence-electron chi connectivity index (χ2n) is 10.6. The molecule has 3 aliphatic rings. The van der Waals surface area contributed by atoms with Crippen LogP contribution in [0.5, 0.6) is 5.75 Å². The van der Waals surface area contributed by atoms with E-state index < -0.39 is 10.0 Å². The van der Waals surface area contributed by atoms with Crippen molar-refractivity contribution < 1.29 is 13.2 Å². The maximum Gasteiger partial charge on any atom is 0.260 e. The molecule has 2 aromatic carbocycles. The minimum Gasteiger partial charge on any atom is -0.494 e. The van der Waals surface area contributed by atoms with Gasteiger partial charge in [-0.1, -0.05) is 29.8 Å². The molecule has 3 fully saturated rings. The summed E-state index contributed by atoms with van der Waals surface area (Å²) in [7, 11) is -3.57. The highest BCUT2D eigenvalue weighted by Crippen LogP contribution is 2.48. The van der Waals surface area contributed by atoms with Crippen LogP contribution in [0, 0.1) is 11.8 Å². The molecule has 1 saturated heterocycles. The minimum atomic E-state index is -3.57. The van der Waals surface area contributed by atoms with Crippen LogP contribution in [0.15, 0.2) is 70.5 Å². The fourth-order valence-corrected chi connectivity index (χ4v) is 7.56. The molecule has 1 aliphatic heterocycles. The van der Waals surface area contributed by atoms with Crippen LogP contribution < -0.4 is 15.6 Å². The number of rotatable bonds is 8. The van der Waals surface area contributed by atoms with Crippen LogP contribution in [0.3, 0.4) is 0 Å². The van der Waals surface area contributed by atoms with Gasteiger partial charge in [-0.2, -0.15) is 9.29 Å². The van der Waals surface area contributed by atoms with Crippen molar-refractivity contribution in [2.45, 2.75) is 36.7 Å². The van der Waals surface area contributed by atoms with Crippen LogP contribution in [-0.2, 0) is 10.0 Å². The van der Waals surface area contributed by atoms with E-state index in [0.29, 0.717) is 53.2 Å². The van der Waals surface area contributed by atoms with Crippen molar-refractivity contribution >= 4 is 38.6 Å². The molecule has 1 N–H and O–H groups in total. The molecule has 2 unspecified atom stereocenters. The molecule has 2 aromatic heterocycles. The van der Waals surface area contributed by atoms with Gasteiger partial charge in [0.2, 0.25) is 16.0 Å². The number of benzene rings is 2. The molecule has 11 heteroatoms. The standard InChI is InChI=1S/C29H28ClN5O4S/c1-2-39-19-9-11-20(12-10-19)40(37,38)34-15-23-24(16-34)26(23)32-29-31-14-17-13-22(21-5-3-4-6-25(21)30)28(36)35(18-7-8-18)27(17)33-29/h3-6,9-14,18,23-24,26H,2,7-8,15-16H2,1H3,(H,31,32,33). The molecule has 9 nitrogen and oxygen atoms in total. The lowest BCUT2D eigenvalue weighted by Crippen LogP contribution is -2.33. The molecule has 2 aliphatic carbocycles. The first-order valence-electron chi connectivity index (χ1n) is 13.5. The Hall–Kier alpha value is -3.47. The van der Waals surface area contributed by atoms with E-state index in [2.05, 4.69) is 10.3 Å². The summed E-state index contributed by atoms with van der Waals surface area (Å²) in [6.07, 6.45) is 3.60. The molecule has 0 spiro atoms. The molecule has 7 rings (SSSR count). The highest BCUT2D eigenvalue weighted by Gasteiger charge is 2.58. The zero-order valence-corrected chi connectivity index (χ0v) is 23.4. The zero-order valence-electron chi connectivity index (χ0n) is 21.8. The number of ether oxygens (including phenoxy) is 1. The van der Waals surface area contributed by atoms with Crippen LogP contribution in [-0.4, -0.2) is 53.0 Å². The highest BCUT2D eigenvalue weighted by atomic mass is 35.5. The van der Waals surface area contributed by atoms with E-state index in [1.54, 1.807) is 45.4 Å². The lowest BCUT2D eigenvalue weighted by molar-refractivity contribution is 0.340. The Morgan fingerprint density at radius 3 is 2.45 bits per heavy atom. The Bertz CT molecular complexity index is 1780. The number of fused-ring (bicyclic) bond motifs is 2. The number of halogens is 1. The number of pyridine rings is 1. The van der Waals surface area contributed by atoms with Crippen molar-refractivity contribution in [1.29, 1.82) is 0 Å². The number of nitrogens with zero attached hydrogens (tertiary/aromatic N) is 4. The lowest BCUT2D eigenvalue weighted by Gasteiger charge is -2.20. The number of nitrogens with one attached hydrogen (secondary N) is 1. The third kappa shape index (κ3) is 4.34. The van der Waals surface area contributed by atoms with Crippen LogP contribution in [0.2, 0.25) is 5.02 Å². The maximum absolute atomic E-state index is 13.6. The number of hydrogen-bond donors (Lipinski definition) is 1. The molecule has 0 bridgehead atoms. The fourth-order valence-electron chi connectivity index (χ4n) is 5.80. The summed E-state index contributed by atoms with van der Waals surface area (Å²) in [6.45, 7) is 3.30. The van der Waals surface area contributed by atoms with Crippen molar-refractivity contribution in [2.75, 3.05) is 25.0 Å². The van der Waals surface area contributed by atoms with Crippen molar-refractivity contribution in [1.82, 2.24) is 18.8 Å². The second kappa shape index (κ2) is 9.57. The summed E-state index contributed by atoms with van der Waals surface area (Å²) in [5.41, 5.74) is 1.74. The number of sulfonamides is 1. The summed E-state index contributed by atoms with van der Waals surface area (Å²) in [5, 5.41) is 4.71. The van der Waals surface area contributed by atoms with E-state index in [0.717, 1.165) is 18.2 Å². The summed E-state index contributed by atoms with van der Waals surface area (Å²) >= 11 is 6.42. The Kier molecular flexibility index (Phi) is 6.10. The fraction of sp³-hybridized carbons (Fsp3) is 0.345. The van der Waals surface area contributed by atoms with Crippen LogP contribution >= 0.6 is 11.6 Å². The normalized spacial score (nSPS) is 22.3. The van der Waals surface area contributed by atoms with Gasteiger partial charge in [0.15, 0.2) is 0 Å². The topological polar surface area (TPSA) is 106 Å². The van der Waals surface area contributed by atoms with E-state index in [1.165, 1.54) is 0 Å². The summed E-state index contributed by atoms with van der Waals surface area (Å²) < 4.78 is 35.1. The molecule has 2 saturated carbocycles. The van der Waals surface area contributed by atoms with Gasteiger partial charge in [-0.3, -0.25) is 9.36 Å². The number of anilines is 1. The van der Waals surface area contributed by atoms with E-state index >= 15 is 0 Å². The SMILES string of the molecule is CCOc1ccc(S(=O)(=O)N2CC3C(C2)C3Nc2ncc3cc(-c4ccccc4Cl)c(=O)n(C4CC4)c3n2)cc1. The first-order chi connectivity index (χ1) is 19.3. The van der Waals surface area contributed by atoms with Gasteiger partial charge < -0.3 is 10.1 Å². The van der Waals surface area contributed by atoms with Gasteiger partial charge in [-0.15, -0.1) is 0 Å². The Labute approximate surface area is 236 Å². The molecule has 0 radical (unpaired) electrons. The highest BCUT2D eigenvalue weighted by molar-refractivity contribution is 7.89. The average molecular weight is 578 g/mol. The van der Waals surface area contributed by atoms with E-state index in [9.17, 15) is 13.2 Å². The van der Waals surface area contributed by atoms with Crippen LogP contribution in [0.4, 0.5) is 5.95 Å². The van der Waals surface area contributed by atoms with Gasteiger partial charge in [0.25, 0.3) is 5.56 Å². The first-order valence-corrected chi connectivity index (χ1v) is 15.3. The minimum absolute atomic E-state index is 0.0905. The molecule has 206 valence electrons. The van der Waals surface area contributed by atoms with Gasteiger partial charge in [0.05, 0.1) is 11.5 Å². The van der Waals surface area contributed by atoms with Gasteiger partial charge in [-0.25, -0.2) is 13.4 Å². The van der Waals surface area contributed by atoms with Gasteiger partial charge in [0.1, 0.15) is 11.4 Å². The second-order valence-corrected chi connectivity index (χ2v) is 13.0. The average Bonchev–Trinajstić information content (AvgIpc) is 3.85. The Morgan fingerprint density at radius 1 is 1.05 bits per heavy atom.